The van der Waals surface area contributed by atoms with E-state index in [0.717, 1.165) is 4.90 Å². The fourth-order valence-electron chi connectivity index (χ4n) is 1.31. The summed E-state index contributed by atoms with van der Waals surface area (Å²) in [6, 6.07) is 0. The first-order chi connectivity index (χ1) is 8.58. The van der Waals surface area contributed by atoms with Crippen LogP contribution in [0.4, 0.5) is 0 Å². The molecule has 0 atom stereocenters. The van der Waals surface area contributed by atoms with Gasteiger partial charge in [0.1, 0.15) is 12.4 Å². The van der Waals surface area contributed by atoms with Crippen LogP contribution in [0.5, 0.6) is 0 Å². The smallest absolute Gasteiger partial charge is 0.323 e. The molecule has 0 unspecified atom stereocenters. The second-order valence-corrected chi connectivity index (χ2v) is 3.57. The minimum absolute atomic E-state index is 0.0239. The molecular formula is C10H16N4O4. The van der Waals surface area contributed by atoms with Crippen molar-refractivity contribution >= 4 is 11.9 Å². The number of H-pyrrole nitrogens is 1. The number of aliphatic carboxylic acids is 1. The first-order valence-electron chi connectivity index (χ1n) is 5.49. The largest absolute Gasteiger partial charge is 0.480 e. The number of ether oxygens (including phenoxy) is 1. The van der Waals surface area contributed by atoms with Crippen molar-refractivity contribution in [2.45, 2.75) is 13.3 Å². The highest BCUT2D eigenvalue weighted by Gasteiger charge is 2.21. The Balaban J connectivity index is 2.76. The minimum Gasteiger partial charge on any atom is -0.480 e. The zero-order chi connectivity index (χ0) is 13.5. The van der Waals surface area contributed by atoms with Crippen LogP contribution in [-0.2, 0) is 16.0 Å². The van der Waals surface area contributed by atoms with Crippen molar-refractivity contribution in [3.8, 4) is 0 Å². The van der Waals surface area contributed by atoms with E-state index in [0.29, 0.717) is 12.2 Å². The van der Waals surface area contributed by atoms with Crippen LogP contribution in [0.1, 0.15) is 23.4 Å². The molecule has 1 aromatic heterocycles. The molecule has 8 nitrogen and oxygen atoms in total. The Bertz CT molecular complexity index is 418. The predicted octanol–water partition coefficient (Wildman–Crippen LogP) is -0.460. The maximum atomic E-state index is 12.0. The molecule has 0 aliphatic rings. The molecule has 18 heavy (non-hydrogen) atoms. The number of aryl methyl sites for hydroxylation is 1. The highest BCUT2D eigenvalue weighted by molar-refractivity contribution is 5.92. The SMILES string of the molecule is CCc1nc(C(=O)N(CCOC)CC(=O)O)n[nH]1. The van der Waals surface area contributed by atoms with E-state index in [9.17, 15) is 9.59 Å². The molecule has 0 aliphatic heterocycles. The molecule has 0 aliphatic carbocycles. The number of carbonyl (C=O) groups is 2. The standard InChI is InChI=1S/C10H16N4O4/c1-3-7-11-9(13-12-7)10(17)14(4-5-18-2)6-8(15)16/h3-6H2,1-2H3,(H,15,16)(H,11,12,13). The lowest BCUT2D eigenvalue weighted by Gasteiger charge is -2.18. The van der Waals surface area contributed by atoms with Crippen molar-refractivity contribution in [1.29, 1.82) is 0 Å². The van der Waals surface area contributed by atoms with Crippen LogP contribution in [0.2, 0.25) is 0 Å². The maximum Gasteiger partial charge on any atom is 0.323 e. The Morgan fingerprint density at radius 2 is 2.22 bits per heavy atom. The Hall–Kier alpha value is -1.96. The molecule has 100 valence electrons. The van der Waals surface area contributed by atoms with Gasteiger partial charge in [-0.2, -0.15) is 0 Å². The lowest BCUT2D eigenvalue weighted by molar-refractivity contribution is -0.137. The number of amides is 1. The molecule has 0 radical (unpaired) electrons. The summed E-state index contributed by atoms with van der Waals surface area (Å²) in [5.74, 6) is -1.05. The summed E-state index contributed by atoms with van der Waals surface area (Å²) >= 11 is 0. The third kappa shape index (κ3) is 3.81. The zero-order valence-corrected chi connectivity index (χ0v) is 10.3. The average molecular weight is 256 g/mol. The Kier molecular flexibility index (Phi) is 5.25. The van der Waals surface area contributed by atoms with E-state index >= 15 is 0 Å². The molecule has 0 saturated carbocycles. The molecule has 8 heteroatoms. The van der Waals surface area contributed by atoms with Gasteiger partial charge in [-0.3, -0.25) is 14.7 Å². The maximum absolute atomic E-state index is 12.0. The van der Waals surface area contributed by atoms with E-state index in [1.54, 1.807) is 0 Å². The molecule has 0 bridgehead atoms. The van der Waals surface area contributed by atoms with E-state index < -0.39 is 18.4 Å². The van der Waals surface area contributed by atoms with Crippen LogP contribution in [0.25, 0.3) is 0 Å². The second-order valence-electron chi connectivity index (χ2n) is 3.57. The van der Waals surface area contributed by atoms with Crippen LogP contribution >= 0.6 is 0 Å². The number of methoxy groups -OCH3 is 1. The number of carbonyl (C=O) groups excluding carboxylic acids is 1. The van der Waals surface area contributed by atoms with Gasteiger partial charge in [0.2, 0.25) is 5.82 Å². The van der Waals surface area contributed by atoms with Gasteiger partial charge in [0.15, 0.2) is 0 Å². The number of carboxylic acids is 1. The summed E-state index contributed by atoms with van der Waals surface area (Å²) in [5, 5.41) is 15.1. The highest BCUT2D eigenvalue weighted by atomic mass is 16.5. The van der Waals surface area contributed by atoms with Crippen LogP contribution in [0.15, 0.2) is 0 Å². The lowest BCUT2D eigenvalue weighted by atomic mass is 10.4. The van der Waals surface area contributed by atoms with Crippen LogP contribution in [0.3, 0.4) is 0 Å². The van der Waals surface area contributed by atoms with Crippen molar-refractivity contribution in [3.05, 3.63) is 11.6 Å². The summed E-state index contributed by atoms with van der Waals surface area (Å²) in [6.07, 6.45) is 0.622. The molecule has 1 rings (SSSR count). The van der Waals surface area contributed by atoms with Gasteiger partial charge < -0.3 is 14.7 Å². The van der Waals surface area contributed by atoms with Crippen LogP contribution < -0.4 is 0 Å². The van der Waals surface area contributed by atoms with Crippen molar-refractivity contribution in [1.82, 2.24) is 20.1 Å². The third-order valence-electron chi connectivity index (χ3n) is 2.24. The quantitative estimate of drug-likeness (QED) is 0.683. The normalized spacial score (nSPS) is 10.3. The minimum atomic E-state index is -1.09. The van der Waals surface area contributed by atoms with Crippen molar-refractivity contribution < 1.29 is 19.4 Å². The molecular weight excluding hydrogens is 240 g/mol. The topological polar surface area (TPSA) is 108 Å². The molecule has 2 N–H and O–H groups in total. The predicted molar refractivity (Wildman–Crippen MR) is 61.2 cm³/mol. The fraction of sp³-hybridized carbons (Fsp3) is 0.600. The van der Waals surface area contributed by atoms with Gasteiger partial charge in [0, 0.05) is 20.1 Å². The van der Waals surface area contributed by atoms with Gasteiger partial charge in [-0.25, -0.2) is 4.98 Å². The number of nitrogens with one attached hydrogen (secondary N) is 1. The van der Waals surface area contributed by atoms with E-state index in [-0.39, 0.29) is 19.0 Å². The highest BCUT2D eigenvalue weighted by Crippen LogP contribution is 2.00. The molecule has 1 amide bonds. The van der Waals surface area contributed by atoms with E-state index in [1.165, 1.54) is 7.11 Å². The third-order valence-corrected chi connectivity index (χ3v) is 2.24. The fourth-order valence-corrected chi connectivity index (χ4v) is 1.31. The van der Waals surface area contributed by atoms with Gasteiger partial charge in [0.25, 0.3) is 5.91 Å². The zero-order valence-electron chi connectivity index (χ0n) is 10.3. The number of aromatic nitrogens is 3. The van der Waals surface area contributed by atoms with Crippen LogP contribution in [-0.4, -0.2) is 63.9 Å². The Labute approximate surface area is 104 Å². The Morgan fingerprint density at radius 1 is 1.50 bits per heavy atom. The number of rotatable bonds is 7. The molecule has 0 spiro atoms. The molecule has 0 saturated heterocycles. The molecule has 1 heterocycles. The number of carboxylic acid groups (broad SMARTS) is 1. The molecule has 1 aromatic rings. The van der Waals surface area contributed by atoms with E-state index in [1.807, 2.05) is 6.92 Å². The van der Waals surface area contributed by atoms with Crippen molar-refractivity contribution in [3.63, 3.8) is 0 Å². The number of nitrogens with zero attached hydrogens (tertiary/aromatic N) is 3. The first kappa shape index (κ1) is 14.1. The monoisotopic (exact) mass is 256 g/mol. The summed E-state index contributed by atoms with van der Waals surface area (Å²) in [4.78, 5) is 27.8. The summed E-state index contributed by atoms with van der Waals surface area (Å²) in [6.45, 7) is 1.90. The number of hydrogen-bond acceptors (Lipinski definition) is 5. The van der Waals surface area contributed by atoms with E-state index in [2.05, 4.69) is 15.2 Å². The summed E-state index contributed by atoms with van der Waals surface area (Å²) in [7, 11) is 1.48. The average Bonchev–Trinajstić information content (AvgIpc) is 2.81. The Morgan fingerprint density at radius 3 is 2.72 bits per heavy atom. The van der Waals surface area contributed by atoms with Crippen molar-refractivity contribution in [2.75, 3.05) is 26.8 Å². The summed E-state index contributed by atoms with van der Waals surface area (Å²) < 4.78 is 4.83. The van der Waals surface area contributed by atoms with Gasteiger partial charge >= 0.3 is 5.97 Å². The first-order valence-corrected chi connectivity index (χ1v) is 5.49. The van der Waals surface area contributed by atoms with Gasteiger partial charge in [-0.15, -0.1) is 5.10 Å². The van der Waals surface area contributed by atoms with E-state index in [4.69, 9.17) is 9.84 Å². The van der Waals surface area contributed by atoms with Gasteiger partial charge in [-0.05, 0) is 0 Å². The number of hydrogen-bond donors (Lipinski definition) is 2. The van der Waals surface area contributed by atoms with Crippen LogP contribution in [0, 0.1) is 0 Å². The van der Waals surface area contributed by atoms with Crippen molar-refractivity contribution in [2.24, 2.45) is 0 Å². The van der Waals surface area contributed by atoms with Gasteiger partial charge in [-0.1, -0.05) is 6.92 Å². The lowest BCUT2D eigenvalue weighted by Crippen LogP contribution is -2.38. The molecule has 0 aromatic carbocycles. The number of aromatic amines is 1. The molecule has 0 fully saturated rings. The second kappa shape index (κ2) is 6.70. The van der Waals surface area contributed by atoms with Gasteiger partial charge in [0.05, 0.1) is 6.61 Å². The summed E-state index contributed by atoms with van der Waals surface area (Å²) in [5.41, 5.74) is 0.